The van der Waals surface area contributed by atoms with Gasteiger partial charge in [0.2, 0.25) is 10.0 Å². The molecule has 3 heterocycles. The Kier molecular flexibility index (Phi) is 6.00. The Morgan fingerprint density at radius 1 is 0.949 bits per heavy atom. The van der Waals surface area contributed by atoms with Crippen LogP contribution in [-0.2, 0) is 16.4 Å². The van der Waals surface area contributed by atoms with Crippen LogP contribution in [0.5, 0.6) is 0 Å². The van der Waals surface area contributed by atoms with E-state index in [1.54, 1.807) is 41.2 Å². The molecule has 0 radical (unpaired) electrons. The van der Waals surface area contributed by atoms with Gasteiger partial charge in [0.1, 0.15) is 23.1 Å². The van der Waals surface area contributed by atoms with E-state index in [0.717, 1.165) is 16.4 Å². The maximum Gasteiger partial charge on any atom is 0.243 e. The van der Waals surface area contributed by atoms with Crippen LogP contribution in [0.15, 0.2) is 83.5 Å². The van der Waals surface area contributed by atoms with Gasteiger partial charge in [-0.3, -0.25) is 9.78 Å². The van der Waals surface area contributed by atoms with E-state index in [2.05, 4.69) is 10.1 Å². The molecule has 1 aliphatic heterocycles. The normalized spacial score (nSPS) is 19.2. The third-order valence-corrected chi connectivity index (χ3v) is 9.08. The standard InChI is InChI=1S/C28H21F3N4O3S/c29-20-4-6-23(7-5-20)35-26-11-19-8-10-34(39(37,38)24-13-21(30)12-22(31)14-24)17-28(19,15-18(26)16-33-35)27(36)25-3-1-2-9-32-25/h1-7,9,11-14,16H,8,10,15,17H2/t28-/m0/s1. The van der Waals surface area contributed by atoms with Gasteiger partial charge in [-0.1, -0.05) is 11.6 Å². The molecule has 0 spiro atoms. The number of carbonyl (C=O) groups excluding carboxylic acids is 1. The van der Waals surface area contributed by atoms with Crippen LogP contribution in [-0.4, -0.2) is 46.4 Å². The first-order valence-corrected chi connectivity index (χ1v) is 13.6. The zero-order chi connectivity index (χ0) is 27.4. The SMILES string of the molecule is O=C(c1ccccn1)[C@]12Cc3cnn(-c4ccc(F)cc4)c3C=C1CCN(S(=O)(=O)c1cc(F)cc(F)c1)C2. The summed E-state index contributed by atoms with van der Waals surface area (Å²) < 4.78 is 71.2. The number of hydrogen-bond donors (Lipinski definition) is 0. The summed E-state index contributed by atoms with van der Waals surface area (Å²) in [5.74, 6) is -2.77. The molecule has 4 aromatic rings. The molecule has 39 heavy (non-hydrogen) atoms. The van der Waals surface area contributed by atoms with Gasteiger partial charge >= 0.3 is 0 Å². The molecule has 6 rings (SSSR count). The summed E-state index contributed by atoms with van der Waals surface area (Å²) in [5, 5.41) is 4.46. The predicted octanol–water partition coefficient (Wildman–Crippen LogP) is 4.59. The van der Waals surface area contributed by atoms with Crippen molar-refractivity contribution in [3.63, 3.8) is 0 Å². The molecule has 2 aliphatic rings. The number of benzene rings is 2. The van der Waals surface area contributed by atoms with Crippen LogP contribution in [0.3, 0.4) is 0 Å². The lowest BCUT2D eigenvalue weighted by atomic mass is 9.65. The third kappa shape index (κ3) is 4.27. The van der Waals surface area contributed by atoms with E-state index < -0.39 is 32.0 Å². The number of rotatable bonds is 5. The van der Waals surface area contributed by atoms with Gasteiger partial charge < -0.3 is 0 Å². The number of pyridine rings is 1. The number of nitrogens with zero attached hydrogens (tertiary/aromatic N) is 4. The Morgan fingerprint density at radius 3 is 2.38 bits per heavy atom. The van der Waals surface area contributed by atoms with Crippen molar-refractivity contribution in [1.29, 1.82) is 0 Å². The van der Waals surface area contributed by atoms with Crippen molar-refractivity contribution in [3.8, 4) is 5.69 Å². The molecule has 0 bridgehead atoms. The minimum atomic E-state index is -4.33. The van der Waals surface area contributed by atoms with Crippen molar-refractivity contribution in [1.82, 2.24) is 19.1 Å². The van der Waals surface area contributed by atoms with Gasteiger partial charge in [0.15, 0.2) is 5.78 Å². The third-order valence-electron chi connectivity index (χ3n) is 7.26. The van der Waals surface area contributed by atoms with Gasteiger partial charge in [0, 0.05) is 25.4 Å². The van der Waals surface area contributed by atoms with Gasteiger partial charge in [0.05, 0.1) is 27.9 Å². The number of piperidine rings is 1. The predicted molar refractivity (Wildman–Crippen MR) is 136 cm³/mol. The second-order valence-electron chi connectivity index (χ2n) is 9.61. The van der Waals surface area contributed by atoms with Gasteiger partial charge in [-0.25, -0.2) is 26.3 Å². The maximum absolute atomic E-state index is 14.1. The second kappa shape index (κ2) is 9.28. The lowest BCUT2D eigenvalue weighted by Crippen LogP contribution is -2.53. The molecule has 0 unspecified atom stereocenters. The van der Waals surface area contributed by atoms with Gasteiger partial charge in [-0.2, -0.15) is 9.40 Å². The Labute approximate surface area is 222 Å². The summed E-state index contributed by atoms with van der Waals surface area (Å²) in [6, 6.07) is 12.9. The molecule has 7 nitrogen and oxygen atoms in total. The van der Waals surface area contributed by atoms with Crippen LogP contribution in [0.1, 0.15) is 28.2 Å². The highest BCUT2D eigenvalue weighted by Gasteiger charge is 2.51. The quantitative estimate of drug-likeness (QED) is 0.340. The lowest BCUT2D eigenvalue weighted by Gasteiger charge is -2.44. The fraction of sp³-hybridized carbons (Fsp3) is 0.179. The van der Waals surface area contributed by atoms with E-state index in [0.29, 0.717) is 28.6 Å². The molecule has 0 saturated carbocycles. The number of ketones is 1. The van der Waals surface area contributed by atoms with Crippen LogP contribution < -0.4 is 0 Å². The Bertz CT molecular complexity index is 1720. The molecule has 0 amide bonds. The van der Waals surface area contributed by atoms with Crippen LogP contribution in [0.2, 0.25) is 0 Å². The molecule has 1 fully saturated rings. The van der Waals surface area contributed by atoms with Crippen molar-refractivity contribution >= 4 is 21.9 Å². The minimum absolute atomic E-state index is 0.00354. The number of fused-ring (bicyclic) bond motifs is 2. The van der Waals surface area contributed by atoms with Gasteiger partial charge in [-0.15, -0.1) is 0 Å². The molecule has 1 aliphatic carbocycles. The monoisotopic (exact) mass is 550 g/mol. The molecule has 2 aromatic carbocycles. The summed E-state index contributed by atoms with van der Waals surface area (Å²) in [4.78, 5) is 17.8. The number of halogens is 3. The summed E-state index contributed by atoms with van der Waals surface area (Å²) in [7, 11) is -4.33. The number of sulfonamides is 1. The van der Waals surface area contributed by atoms with E-state index >= 15 is 0 Å². The highest BCUT2D eigenvalue weighted by atomic mass is 32.2. The van der Waals surface area contributed by atoms with E-state index in [4.69, 9.17) is 0 Å². The smallest absolute Gasteiger partial charge is 0.243 e. The summed E-state index contributed by atoms with van der Waals surface area (Å²) in [5.41, 5.74) is 1.61. The number of hydrogen-bond acceptors (Lipinski definition) is 5. The van der Waals surface area contributed by atoms with Crippen LogP contribution >= 0.6 is 0 Å². The second-order valence-corrected chi connectivity index (χ2v) is 11.5. The molecular formula is C28H21F3N4O3S. The minimum Gasteiger partial charge on any atom is -0.291 e. The van der Waals surface area contributed by atoms with E-state index in [1.165, 1.54) is 18.3 Å². The zero-order valence-electron chi connectivity index (χ0n) is 20.4. The van der Waals surface area contributed by atoms with Crippen LogP contribution in [0.25, 0.3) is 11.8 Å². The van der Waals surface area contributed by atoms with E-state index in [9.17, 15) is 26.4 Å². The van der Waals surface area contributed by atoms with Gasteiger partial charge in [0.25, 0.3) is 0 Å². The average Bonchev–Trinajstić information content (AvgIpc) is 3.33. The van der Waals surface area contributed by atoms with Crippen molar-refractivity contribution in [2.45, 2.75) is 17.7 Å². The largest absolute Gasteiger partial charge is 0.291 e. The molecule has 198 valence electrons. The molecule has 1 saturated heterocycles. The highest BCUT2D eigenvalue weighted by Crippen LogP contribution is 2.47. The number of carbonyl (C=O) groups is 1. The summed E-state index contributed by atoms with van der Waals surface area (Å²) in [6.07, 6.45) is 5.26. The van der Waals surface area contributed by atoms with E-state index in [-0.39, 0.29) is 43.2 Å². The Balaban J connectivity index is 1.45. The molecule has 11 heteroatoms. The fourth-order valence-electron chi connectivity index (χ4n) is 5.38. The first kappa shape index (κ1) is 25.2. The van der Waals surface area contributed by atoms with Crippen LogP contribution in [0, 0.1) is 22.9 Å². The highest BCUT2D eigenvalue weighted by molar-refractivity contribution is 7.89. The van der Waals surface area contributed by atoms with E-state index in [1.807, 2.05) is 6.08 Å². The molecule has 0 N–H and O–H groups in total. The van der Waals surface area contributed by atoms with Crippen LogP contribution in [0.4, 0.5) is 13.2 Å². The Morgan fingerprint density at radius 2 is 1.69 bits per heavy atom. The molecule has 2 aromatic heterocycles. The fourth-order valence-corrected chi connectivity index (χ4v) is 6.92. The number of aromatic nitrogens is 3. The number of Topliss-reactive ketones (excluding diaryl/α,β-unsaturated/α-hetero) is 1. The topological polar surface area (TPSA) is 85.2 Å². The summed E-state index contributed by atoms with van der Waals surface area (Å²) >= 11 is 0. The average molecular weight is 551 g/mol. The molecular weight excluding hydrogens is 529 g/mol. The van der Waals surface area contributed by atoms with Crippen molar-refractivity contribution in [2.24, 2.45) is 5.41 Å². The lowest BCUT2D eigenvalue weighted by molar-refractivity contribution is 0.0770. The summed E-state index contributed by atoms with van der Waals surface area (Å²) in [6.45, 7) is -0.237. The first-order valence-electron chi connectivity index (χ1n) is 12.1. The Hall–Kier alpha value is -4.09. The van der Waals surface area contributed by atoms with Crippen molar-refractivity contribution in [2.75, 3.05) is 13.1 Å². The molecule has 1 atom stereocenters. The zero-order valence-corrected chi connectivity index (χ0v) is 21.2. The maximum atomic E-state index is 14.1. The first-order chi connectivity index (χ1) is 18.7. The van der Waals surface area contributed by atoms with Crippen molar-refractivity contribution in [3.05, 3.63) is 113 Å². The van der Waals surface area contributed by atoms with Gasteiger partial charge in [-0.05, 0) is 73.0 Å². The van der Waals surface area contributed by atoms with Crippen molar-refractivity contribution < 1.29 is 26.4 Å².